The molecule has 106 valence electrons. The van der Waals surface area contributed by atoms with Crippen molar-refractivity contribution >= 4 is 0 Å². The molecule has 1 aliphatic carbocycles. The molecule has 4 nitrogen and oxygen atoms in total. The summed E-state index contributed by atoms with van der Waals surface area (Å²) in [4.78, 5) is 4.61. The van der Waals surface area contributed by atoms with Crippen LogP contribution in [0.25, 0.3) is 0 Å². The molecule has 1 heterocycles. The molecule has 2 aromatic rings. The highest BCUT2D eigenvalue weighted by Gasteiger charge is 2.27. The van der Waals surface area contributed by atoms with Crippen LogP contribution in [0.3, 0.4) is 0 Å². The smallest absolute Gasteiger partial charge is 0.229 e. The minimum Gasteiger partial charge on any atom is -0.339 e. The Kier molecular flexibility index (Phi) is 3.83. The Balaban J connectivity index is 1.69. The second-order valence-electron chi connectivity index (χ2n) is 5.70. The zero-order valence-corrected chi connectivity index (χ0v) is 11.9. The Morgan fingerprint density at radius 1 is 1.30 bits per heavy atom. The first-order valence-corrected chi connectivity index (χ1v) is 7.38. The van der Waals surface area contributed by atoms with Gasteiger partial charge in [0.1, 0.15) is 0 Å². The molecule has 1 atom stereocenters. The molecule has 0 bridgehead atoms. The van der Waals surface area contributed by atoms with E-state index in [0.717, 1.165) is 37.4 Å². The molecular weight excluding hydrogens is 250 g/mol. The fourth-order valence-corrected chi connectivity index (χ4v) is 2.90. The highest BCUT2D eigenvalue weighted by molar-refractivity contribution is 5.34. The van der Waals surface area contributed by atoms with E-state index in [2.05, 4.69) is 41.3 Å². The van der Waals surface area contributed by atoms with E-state index in [-0.39, 0.29) is 0 Å². The van der Waals surface area contributed by atoms with Crippen molar-refractivity contribution in [3.8, 4) is 0 Å². The largest absolute Gasteiger partial charge is 0.339 e. The van der Waals surface area contributed by atoms with Gasteiger partial charge in [0.05, 0.1) is 0 Å². The number of aromatic nitrogens is 2. The molecule has 0 spiro atoms. The Morgan fingerprint density at radius 3 is 2.65 bits per heavy atom. The van der Waals surface area contributed by atoms with E-state index in [9.17, 15) is 0 Å². The van der Waals surface area contributed by atoms with Gasteiger partial charge in [0.15, 0.2) is 5.82 Å². The van der Waals surface area contributed by atoms with Crippen molar-refractivity contribution in [3.63, 3.8) is 0 Å². The fraction of sp³-hybridized carbons (Fsp3) is 0.500. The Hall–Kier alpha value is -1.68. The van der Waals surface area contributed by atoms with Crippen molar-refractivity contribution in [1.82, 2.24) is 10.1 Å². The molecule has 0 saturated carbocycles. The van der Waals surface area contributed by atoms with E-state index in [0.29, 0.717) is 18.4 Å². The normalized spacial score (nSPS) is 16.3. The van der Waals surface area contributed by atoms with Gasteiger partial charge in [0.2, 0.25) is 5.89 Å². The predicted octanol–water partition coefficient (Wildman–Crippen LogP) is 2.79. The van der Waals surface area contributed by atoms with Crippen LogP contribution in [-0.4, -0.2) is 16.7 Å². The molecule has 1 aliphatic rings. The van der Waals surface area contributed by atoms with Crippen molar-refractivity contribution in [1.29, 1.82) is 0 Å². The van der Waals surface area contributed by atoms with Gasteiger partial charge in [-0.15, -0.1) is 0 Å². The average molecular weight is 271 g/mol. The van der Waals surface area contributed by atoms with Gasteiger partial charge in [-0.1, -0.05) is 36.3 Å². The zero-order valence-electron chi connectivity index (χ0n) is 11.9. The molecule has 3 rings (SSSR count). The van der Waals surface area contributed by atoms with E-state index in [1.165, 1.54) is 11.1 Å². The first-order chi connectivity index (χ1) is 9.78. The van der Waals surface area contributed by atoms with Crippen LogP contribution < -0.4 is 5.73 Å². The van der Waals surface area contributed by atoms with Gasteiger partial charge < -0.3 is 10.3 Å². The number of fused-ring (bicyclic) bond motifs is 1. The summed E-state index contributed by atoms with van der Waals surface area (Å²) in [5.74, 6) is 2.27. The van der Waals surface area contributed by atoms with Gasteiger partial charge in [-0.25, -0.2) is 0 Å². The topological polar surface area (TPSA) is 64.9 Å². The number of nitrogens with two attached hydrogens (primary N) is 1. The van der Waals surface area contributed by atoms with Crippen molar-refractivity contribution < 1.29 is 4.52 Å². The summed E-state index contributed by atoms with van der Waals surface area (Å²) < 4.78 is 5.43. The third-order valence-electron chi connectivity index (χ3n) is 4.14. The number of rotatable bonds is 5. The summed E-state index contributed by atoms with van der Waals surface area (Å²) in [6, 6.07) is 8.58. The lowest BCUT2D eigenvalue weighted by Crippen LogP contribution is -2.03. The van der Waals surface area contributed by atoms with Crippen molar-refractivity contribution in [2.45, 2.75) is 44.4 Å². The summed E-state index contributed by atoms with van der Waals surface area (Å²) in [6.45, 7) is 2.83. The standard InChI is InChI=1S/C16H21N3O/c1-11(5-4-8-17)16-18-15(19-20-16)14-9-12-6-2-3-7-13(12)10-14/h2-3,6-7,11,14H,4-5,8-10,17H2,1H3. The first-order valence-electron chi connectivity index (χ1n) is 7.38. The molecule has 0 radical (unpaired) electrons. The van der Waals surface area contributed by atoms with E-state index in [1.54, 1.807) is 0 Å². The fourth-order valence-electron chi connectivity index (χ4n) is 2.90. The van der Waals surface area contributed by atoms with E-state index < -0.39 is 0 Å². The van der Waals surface area contributed by atoms with Gasteiger partial charge in [0, 0.05) is 11.8 Å². The molecule has 0 fully saturated rings. The summed E-state index contributed by atoms with van der Waals surface area (Å²) in [6.07, 6.45) is 4.04. The highest BCUT2D eigenvalue weighted by atomic mass is 16.5. The highest BCUT2D eigenvalue weighted by Crippen LogP contribution is 2.33. The molecule has 1 aromatic carbocycles. The van der Waals surface area contributed by atoms with Crippen LogP contribution in [0.4, 0.5) is 0 Å². The third-order valence-corrected chi connectivity index (χ3v) is 4.14. The van der Waals surface area contributed by atoms with Crippen LogP contribution in [-0.2, 0) is 12.8 Å². The van der Waals surface area contributed by atoms with Crippen LogP contribution in [0.1, 0.15) is 54.4 Å². The molecular formula is C16H21N3O. The minimum absolute atomic E-state index is 0.295. The molecule has 2 N–H and O–H groups in total. The SMILES string of the molecule is CC(CCCN)c1nc(C2Cc3ccccc3C2)no1. The quantitative estimate of drug-likeness (QED) is 0.908. The monoisotopic (exact) mass is 271 g/mol. The molecule has 0 aliphatic heterocycles. The number of benzene rings is 1. The van der Waals surface area contributed by atoms with Gasteiger partial charge in [-0.2, -0.15) is 4.98 Å². The number of hydrogen-bond donors (Lipinski definition) is 1. The lowest BCUT2D eigenvalue weighted by molar-refractivity contribution is 0.346. The maximum Gasteiger partial charge on any atom is 0.229 e. The summed E-state index contributed by atoms with van der Waals surface area (Å²) >= 11 is 0. The zero-order chi connectivity index (χ0) is 13.9. The van der Waals surface area contributed by atoms with Crippen molar-refractivity contribution in [2.75, 3.05) is 6.54 Å². The maximum absolute atomic E-state index is 5.54. The van der Waals surface area contributed by atoms with Gasteiger partial charge >= 0.3 is 0 Å². The van der Waals surface area contributed by atoms with Crippen molar-refractivity contribution in [3.05, 3.63) is 47.1 Å². The van der Waals surface area contributed by atoms with Crippen LogP contribution in [0, 0.1) is 0 Å². The summed E-state index contributed by atoms with van der Waals surface area (Å²) in [5.41, 5.74) is 8.38. The molecule has 1 unspecified atom stereocenters. The van der Waals surface area contributed by atoms with Gasteiger partial charge in [-0.05, 0) is 43.4 Å². The lowest BCUT2D eigenvalue weighted by atomic mass is 10.0. The third kappa shape index (κ3) is 2.61. The van der Waals surface area contributed by atoms with E-state index in [1.807, 2.05) is 0 Å². The summed E-state index contributed by atoms with van der Waals surface area (Å²) in [5, 5.41) is 4.19. The van der Waals surface area contributed by atoms with Crippen LogP contribution in [0.5, 0.6) is 0 Å². The Bertz CT molecular complexity index is 554. The van der Waals surface area contributed by atoms with Crippen LogP contribution in [0.15, 0.2) is 28.8 Å². The second kappa shape index (κ2) is 5.75. The molecule has 0 saturated heterocycles. The predicted molar refractivity (Wildman–Crippen MR) is 77.6 cm³/mol. The Morgan fingerprint density at radius 2 is 2.00 bits per heavy atom. The number of nitrogens with zero attached hydrogens (tertiary/aromatic N) is 2. The molecule has 4 heteroatoms. The second-order valence-corrected chi connectivity index (χ2v) is 5.70. The van der Waals surface area contributed by atoms with E-state index >= 15 is 0 Å². The van der Waals surface area contributed by atoms with Crippen molar-refractivity contribution in [2.24, 2.45) is 5.73 Å². The Labute approximate surface area is 119 Å². The van der Waals surface area contributed by atoms with Crippen LogP contribution >= 0.6 is 0 Å². The average Bonchev–Trinajstić information content (AvgIpc) is 3.10. The minimum atomic E-state index is 0.295. The number of hydrogen-bond acceptors (Lipinski definition) is 4. The lowest BCUT2D eigenvalue weighted by Gasteiger charge is -2.04. The molecule has 20 heavy (non-hydrogen) atoms. The van der Waals surface area contributed by atoms with Crippen LogP contribution in [0.2, 0.25) is 0 Å². The first kappa shape index (κ1) is 13.3. The van der Waals surface area contributed by atoms with Gasteiger partial charge in [-0.3, -0.25) is 0 Å². The summed E-state index contributed by atoms with van der Waals surface area (Å²) in [7, 11) is 0. The maximum atomic E-state index is 5.54. The molecule has 1 aromatic heterocycles. The van der Waals surface area contributed by atoms with Gasteiger partial charge in [0.25, 0.3) is 0 Å². The van der Waals surface area contributed by atoms with E-state index in [4.69, 9.17) is 10.3 Å². The molecule has 0 amide bonds.